The molecule has 0 spiro atoms. The molecular formula is C11H13FO2. The third-order valence-corrected chi connectivity index (χ3v) is 2.41. The van der Waals surface area contributed by atoms with Crippen molar-refractivity contribution < 1.29 is 13.9 Å². The van der Waals surface area contributed by atoms with Crippen molar-refractivity contribution in [3.63, 3.8) is 0 Å². The molecule has 1 aliphatic rings. The normalized spacial score (nSPS) is 22.0. The van der Waals surface area contributed by atoms with Crippen molar-refractivity contribution in [1.82, 2.24) is 0 Å². The molecule has 3 heteroatoms. The molecule has 1 fully saturated rings. The fourth-order valence-electron chi connectivity index (χ4n) is 1.49. The molecule has 76 valence electrons. The SMILES string of the molecule is COC(CC1CO1)c1ccc(F)cc1. The predicted octanol–water partition coefficient (Wildman–Crippen LogP) is 2.30. The Bertz CT molecular complexity index is 293. The van der Waals surface area contributed by atoms with Crippen LogP contribution in [-0.2, 0) is 9.47 Å². The third-order valence-electron chi connectivity index (χ3n) is 2.41. The first-order valence-electron chi connectivity index (χ1n) is 4.69. The maximum atomic E-state index is 12.7. The van der Waals surface area contributed by atoms with E-state index in [2.05, 4.69) is 0 Å². The van der Waals surface area contributed by atoms with Crippen molar-refractivity contribution in [3.05, 3.63) is 35.6 Å². The van der Waals surface area contributed by atoms with Gasteiger partial charge < -0.3 is 9.47 Å². The summed E-state index contributed by atoms with van der Waals surface area (Å²) in [6.45, 7) is 0.820. The fourth-order valence-corrected chi connectivity index (χ4v) is 1.49. The quantitative estimate of drug-likeness (QED) is 0.689. The van der Waals surface area contributed by atoms with Gasteiger partial charge in [0.1, 0.15) is 5.82 Å². The lowest BCUT2D eigenvalue weighted by Gasteiger charge is -2.14. The molecule has 2 nitrogen and oxygen atoms in total. The molecule has 0 N–H and O–H groups in total. The number of benzene rings is 1. The summed E-state index contributed by atoms with van der Waals surface area (Å²) in [5.41, 5.74) is 1.00. The molecule has 1 aromatic carbocycles. The highest BCUT2D eigenvalue weighted by molar-refractivity contribution is 5.19. The van der Waals surface area contributed by atoms with E-state index in [-0.39, 0.29) is 11.9 Å². The van der Waals surface area contributed by atoms with Crippen LogP contribution >= 0.6 is 0 Å². The molecule has 0 bridgehead atoms. The van der Waals surface area contributed by atoms with Gasteiger partial charge in [0.2, 0.25) is 0 Å². The molecule has 2 unspecified atom stereocenters. The second kappa shape index (κ2) is 4.07. The van der Waals surface area contributed by atoms with Crippen LogP contribution in [0, 0.1) is 5.82 Å². The van der Waals surface area contributed by atoms with Crippen molar-refractivity contribution >= 4 is 0 Å². The summed E-state index contributed by atoms with van der Waals surface area (Å²) in [5.74, 6) is -0.216. The highest BCUT2D eigenvalue weighted by atomic mass is 19.1. The van der Waals surface area contributed by atoms with E-state index in [9.17, 15) is 4.39 Å². The van der Waals surface area contributed by atoms with Crippen LogP contribution in [-0.4, -0.2) is 19.8 Å². The average molecular weight is 196 g/mol. The van der Waals surface area contributed by atoms with Gasteiger partial charge in [0, 0.05) is 13.5 Å². The number of hydrogen-bond donors (Lipinski definition) is 0. The van der Waals surface area contributed by atoms with Crippen LogP contribution in [0.1, 0.15) is 18.1 Å². The summed E-state index contributed by atoms with van der Waals surface area (Å²) in [7, 11) is 1.66. The summed E-state index contributed by atoms with van der Waals surface area (Å²) in [5, 5.41) is 0. The molecule has 1 aliphatic heterocycles. The van der Waals surface area contributed by atoms with E-state index in [0.717, 1.165) is 18.6 Å². The molecular weight excluding hydrogens is 183 g/mol. The highest BCUT2D eigenvalue weighted by Crippen LogP contribution is 2.27. The van der Waals surface area contributed by atoms with E-state index in [1.165, 1.54) is 12.1 Å². The second-order valence-corrected chi connectivity index (χ2v) is 3.47. The van der Waals surface area contributed by atoms with Crippen LogP contribution in [0.15, 0.2) is 24.3 Å². The lowest BCUT2D eigenvalue weighted by Crippen LogP contribution is -2.04. The third kappa shape index (κ3) is 2.30. The number of epoxide rings is 1. The first-order chi connectivity index (χ1) is 6.79. The van der Waals surface area contributed by atoms with Gasteiger partial charge in [-0.05, 0) is 17.7 Å². The van der Waals surface area contributed by atoms with Crippen LogP contribution in [0.5, 0.6) is 0 Å². The van der Waals surface area contributed by atoms with E-state index in [4.69, 9.17) is 9.47 Å². The molecule has 2 atom stereocenters. The van der Waals surface area contributed by atoms with E-state index in [1.54, 1.807) is 19.2 Å². The molecule has 0 aliphatic carbocycles. The highest BCUT2D eigenvalue weighted by Gasteiger charge is 2.27. The van der Waals surface area contributed by atoms with Crippen molar-refractivity contribution in [1.29, 1.82) is 0 Å². The van der Waals surface area contributed by atoms with Crippen molar-refractivity contribution in [3.8, 4) is 0 Å². The number of ether oxygens (including phenoxy) is 2. The first-order valence-corrected chi connectivity index (χ1v) is 4.69. The average Bonchev–Trinajstić information content (AvgIpc) is 3.00. The van der Waals surface area contributed by atoms with Crippen LogP contribution in [0.2, 0.25) is 0 Å². The van der Waals surface area contributed by atoms with Gasteiger partial charge in [-0.15, -0.1) is 0 Å². The van der Waals surface area contributed by atoms with Gasteiger partial charge in [-0.2, -0.15) is 0 Å². The second-order valence-electron chi connectivity index (χ2n) is 3.47. The smallest absolute Gasteiger partial charge is 0.123 e. The molecule has 14 heavy (non-hydrogen) atoms. The zero-order valence-corrected chi connectivity index (χ0v) is 8.07. The number of rotatable bonds is 4. The molecule has 1 saturated heterocycles. The summed E-state index contributed by atoms with van der Waals surface area (Å²) < 4.78 is 23.1. The van der Waals surface area contributed by atoms with Gasteiger partial charge in [0.05, 0.1) is 18.8 Å². The van der Waals surface area contributed by atoms with Gasteiger partial charge in [0.25, 0.3) is 0 Å². The molecule has 0 aromatic heterocycles. The van der Waals surface area contributed by atoms with Crippen LogP contribution < -0.4 is 0 Å². The summed E-state index contributed by atoms with van der Waals surface area (Å²) in [6, 6.07) is 6.42. The zero-order chi connectivity index (χ0) is 9.97. The Balaban J connectivity index is 2.05. The maximum Gasteiger partial charge on any atom is 0.123 e. The number of methoxy groups -OCH3 is 1. The van der Waals surface area contributed by atoms with Gasteiger partial charge in [0.15, 0.2) is 0 Å². The standard InChI is InChI=1S/C11H13FO2/c1-13-11(6-10-7-14-10)8-2-4-9(12)5-3-8/h2-5,10-11H,6-7H2,1H3. The van der Waals surface area contributed by atoms with E-state index in [0.29, 0.717) is 6.10 Å². The minimum absolute atomic E-state index is 0.0168. The predicted molar refractivity (Wildman–Crippen MR) is 50.5 cm³/mol. The van der Waals surface area contributed by atoms with Crippen LogP contribution in [0.3, 0.4) is 0 Å². The van der Waals surface area contributed by atoms with Gasteiger partial charge in [-0.25, -0.2) is 4.39 Å². The Hall–Kier alpha value is -0.930. The largest absolute Gasteiger partial charge is 0.377 e. The minimum atomic E-state index is -0.216. The topological polar surface area (TPSA) is 21.8 Å². The lowest BCUT2D eigenvalue weighted by molar-refractivity contribution is 0.0879. The maximum absolute atomic E-state index is 12.7. The fraction of sp³-hybridized carbons (Fsp3) is 0.455. The molecule has 2 rings (SSSR count). The molecule has 1 heterocycles. The molecule has 1 aromatic rings. The summed E-state index contributed by atoms with van der Waals surface area (Å²) in [4.78, 5) is 0. The Morgan fingerprint density at radius 1 is 1.50 bits per heavy atom. The van der Waals surface area contributed by atoms with Crippen molar-refractivity contribution in [2.45, 2.75) is 18.6 Å². The van der Waals surface area contributed by atoms with Gasteiger partial charge in [-0.1, -0.05) is 12.1 Å². The summed E-state index contributed by atoms with van der Waals surface area (Å²) >= 11 is 0. The van der Waals surface area contributed by atoms with Crippen LogP contribution in [0.4, 0.5) is 4.39 Å². The lowest BCUT2D eigenvalue weighted by atomic mass is 10.1. The molecule has 0 saturated carbocycles. The van der Waals surface area contributed by atoms with Crippen molar-refractivity contribution in [2.75, 3.05) is 13.7 Å². The molecule has 0 radical (unpaired) electrons. The van der Waals surface area contributed by atoms with E-state index >= 15 is 0 Å². The van der Waals surface area contributed by atoms with E-state index in [1.807, 2.05) is 0 Å². The zero-order valence-electron chi connectivity index (χ0n) is 8.07. The Morgan fingerprint density at radius 3 is 2.64 bits per heavy atom. The number of hydrogen-bond acceptors (Lipinski definition) is 2. The Labute approximate surface area is 82.6 Å². The first kappa shape index (κ1) is 9.62. The minimum Gasteiger partial charge on any atom is -0.377 e. The van der Waals surface area contributed by atoms with Gasteiger partial charge >= 0.3 is 0 Å². The monoisotopic (exact) mass is 196 g/mol. The van der Waals surface area contributed by atoms with Crippen LogP contribution in [0.25, 0.3) is 0 Å². The molecule has 0 amide bonds. The summed E-state index contributed by atoms with van der Waals surface area (Å²) in [6.07, 6.45) is 1.19. The van der Waals surface area contributed by atoms with Gasteiger partial charge in [-0.3, -0.25) is 0 Å². The Kier molecular flexibility index (Phi) is 2.79. The number of halogens is 1. The van der Waals surface area contributed by atoms with Crippen molar-refractivity contribution in [2.24, 2.45) is 0 Å². The van der Waals surface area contributed by atoms with E-state index < -0.39 is 0 Å². The Morgan fingerprint density at radius 2 is 2.14 bits per heavy atom.